The maximum atomic E-state index is 12.6. The molecule has 0 aliphatic carbocycles. The Morgan fingerprint density at radius 3 is 2.20 bits per heavy atom. The molecule has 1 heterocycles. The van der Waals surface area contributed by atoms with Gasteiger partial charge in [0.15, 0.2) is 5.69 Å². The first-order valence-corrected chi connectivity index (χ1v) is 8.46. The Balaban J connectivity index is 2.27. The van der Waals surface area contributed by atoms with Gasteiger partial charge in [0.25, 0.3) is 0 Å². The summed E-state index contributed by atoms with van der Waals surface area (Å²) in [6.07, 6.45) is -4.90. The summed E-state index contributed by atoms with van der Waals surface area (Å²) in [7, 11) is 2.24. The number of benzene rings is 2. The Kier molecular flexibility index (Phi) is 5.77. The summed E-state index contributed by atoms with van der Waals surface area (Å²) >= 11 is 0. The molecular weight excluding hydrogens is 405 g/mol. The van der Waals surface area contributed by atoms with E-state index in [0.29, 0.717) is 5.69 Å². The molecule has 0 radical (unpaired) electrons. The molecule has 30 heavy (non-hydrogen) atoms. The Morgan fingerprint density at radius 1 is 0.933 bits per heavy atom. The van der Waals surface area contributed by atoms with Gasteiger partial charge < -0.3 is 14.2 Å². The van der Waals surface area contributed by atoms with Crippen molar-refractivity contribution in [2.24, 2.45) is 0 Å². The van der Waals surface area contributed by atoms with E-state index < -0.39 is 24.1 Å². The number of nitrogens with zero attached hydrogens (tertiary/aromatic N) is 2. The van der Waals surface area contributed by atoms with Crippen molar-refractivity contribution in [2.45, 2.75) is 6.36 Å². The summed E-state index contributed by atoms with van der Waals surface area (Å²) in [6, 6.07) is 13.3. The number of alkyl halides is 3. The lowest BCUT2D eigenvalue weighted by atomic mass is 10.1. The number of halogens is 3. The van der Waals surface area contributed by atoms with Crippen LogP contribution >= 0.6 is 0 Å². The Hall–Kier alpha value is -3.82. The van der Waals surface area contributed by atoms with Crippen LogP contribution in [0.5, 0.6) is 5.75 Å². The standard InChI is InChI=1S/C20H15F3N2O5/c1-28-18(26)15-16(12-7-6-10-14(11-12)30-20(21,22)23)24-25(17(15)19(27)29-2)13-8-4-3-5-9-13/h3-11H,1-2H3. The summed E-state index contributed by atoms with van der Waals surface area (Å²) in [5, 5.41) is 4.30. The number of rotatable bonds is 5. The molecule has 0 atom stereocenters. The van der Waals surface area contributed by atoms with Crippen LogP contribution < -0.4 is 4.74 Å². The highest BCUT2D eigenvalue weighted by Crippen LogP contribution is 2.32. The molecule has 0 spiro atoms. The third-order valence-electron chi connectivity index (χ3n) is 4.00. The van der Waals surface area contributed by atoms with E-state index in [4.69, 9.17) is 9.47 Å². The zero-order valence-electron chi connectivity index (χ0n) is 15.8. The normalized spacial score (nSPS) is 11.1. The van der Waals surface area contributed by atoms with Crippen LogP contribution in [-0.2, 0) is 9.47 Å². The van der Waals surface area contributed by atoms with Gasteiger partial charge in [-0.05, 0) is 24.3 Å². The highest BCUT2D eigenvalue weighted by atomic mass is 19.4. The molecule has 1 aromatic heterocycles. The van der Waals surface area contributed by atoms with Crippen LogP contribution in [0.3, 0.4) is 0 Å². The third kappa shape index (κ3) is 4.27. The minimum absolute atomic E-state index is 0.0706. The second-order valence-electron chi connectivity index (χ2n) is 5.88. The molecule has 0 unspecified atom stereocenters. The monoisotopic (exact) mass is 420 g/mol. The average Bonchev–Trinajstić information content (AvgIpc) is 3.13. The molecule has 3 aromatic rings. The molecule has 0 saturated carbocycles. The highest BCUT2D eigenvalue weighted by Gasteiger charge is 2.33. The van der Waals surface area contributed by atoms with Gasteiger partial charge in [0.05, 0.1) is 19.9 Å². The predicted molar refractivity (Wildman–Crippen MR) is 98.4 cm³/mol. The lowest BCUT2D eigenvalue weighted by Gasteiger charge is -2.09. The van der Waals surface area contributed by atoms with E-state index in [-0.39, 0.29) is 22.5 Å². The maximum Gasteiger partial charge on any atom is 0.573 e. The van der Waals surface area contributed by atoms with Gasteiger partial charge in [-0.1, -0.05) is 30.3 Å². The molecule has 0 amide bonds. The molecule has 3 rings (SSSR count). The van der Waals surface area contributed by atoms with Crippen molar-refractivity contribution < 1.29 is 37.0 Å². The highest BCUT2D eigenvalue weighted by molar-refractivity contribution is 6.06. The lowest BCUT2D eigenvalue weighted by Crippen LogP contribution is -2.17. The van der Waals surface area contributed by atoms with E-state index >= 15 is 0 Å². The van der Waals surface area contributed by atoms with Crippen LogP contribution in [0.15, 0.2) is 54.6 Å². The van der Waals surface area contributed by atoms with Crippen molar-refractivity contribution in [3.05, 3.63) is 65.9 Å². The summed E-state index contributed by atoms with van der Waals surface area (Å²) in [5.74, 6) is -2.29. The third-order valence-corrected chi connectivity index (χ3v) is 4.00. The van der Waals surface area contributed by atoms with Crippen molar-refractivity contribution in [1.82, 2.24) is 9.78 Å². The number of carbonyl (C=O) groups is 2. The first-order chi connectivity index (χ1) is 14.2. The van der Waals surface area contributed by atoms with Crippen molar-refractivity contribution in [2.75, 3.05) is 14.2 Å². The molecular formula is C20H15F3N2O5. The Bertz CT molecular complexity index is 1080. The van der Waals surface area contributed by atoms with Crippen LogP contribution in [0.1, 0.15) is 20.8 Å². The van der Waals surface area contributed by atoms with Gasteiger partial charge in [0.2, 0.25) is 0 Å². The maximum absolute atomic E-state index is 12.6. The van der Waals surface area contributed by atoms with Crippen LogP contribution in [0, 0.1) is 0 Å². The molecule has 2 aromatic carbocycles. The quantitative estimate of drug-likeness (QED) is 0.581. The summed E-state index contributed by atoms with van der Waals surface area (Å²) in [6.45, 7) is 0. The number of methoxy groups -OCH3 is 2. The van der Waals surface area contributed by atoms with Crippen LogP contribution in [-0.4, -0.2) is 42.3 Å². The number of para-hydroxylation sites is 1. The minimum Gasteiger partial charge on any atom is -0.465 e. The van der Waals surface area contributed by atoms with Gasteiger partial charge in [-0.2, -0.15) is 5.10 Å². The van der Waals surface area contributed by atoms with E-state index in [1.807, 2.05) is 0 Å². The zero-order chi connectivity index (χ0) is 21.9. The van der Waals surface area contributed by atoms with E-state index in [9.17, 15) is 22.8 Å². The Morgan fingerprint density at radius 2 is 1.60 bits per heavy atom. The summed E-state index contributed by atoms with van der Waals surface area (Å²) in [4.78, 5) is 25.0. The van der Waals surface area contributed by atoms with Gasteiger partial charge in [-0.3, -0.25) is 0 Å². The van der Waals surface area contributed by atoms with Gasteiger partial charge in [-0.15, -0.1) is 13.2 Å². The van der Waals surface area contributed by atoms with Crippen molar-refractivity contribution in [1.29, 1.82) is 0 Å². The molecule has 10 heteroatoms. The van der Waals surface area contributed by atoms with Crippen LogP contribution in [0.4, 0.5) is 13.2 Å². The van der Waals surface area contributed by atoms with Crippen molar-refractivity contribution in [3.8, 4) is 22.7 Å². The molecule has 0 bridgehead atoms. The molecule has 0 N–H and O–H groups in total. The van der Waals surface area contributed by atoms with Crippen LogP contribution in [0.25, 0.3) is 16.9 Å². The number of hydrogen-bond donors (Lipinski definition) is 0. The fraction of sp³-hybridized carbons (Fsp3) is 0.150. The first kappa shape index (κ1) is 20.9. The van der Waals surface area contributed by atoms with Crippen LogP contribution in [0.2, 0.25) is 0 Å². The van der Waals surface area contributed by atoms with Gasteiger partial charge in [-0.25, -0.2) is 14.3 Å². The molecule has 0 saturated heterocycles. The van der Waals surface area contributed by atoms with Crippen molar-refractivity contribution in [3.63, 3.8) is 0 Å². The minimum atomic E-state index is -4.90. The first-order valence-electron chi connectivity index (χ1n) is 8.46. The fourth-order valence-electron chi connectivity index (χ4n) is 2.80. The fourth-order valence-corrected chi connectivity index (χ4v) is 2.80. The molecule has 7 nitrogen and oxygen atoms in total. The van der Waals surface area contributed by atoms with E-state index in [1.165, 1.54) is 16.8 Å². The van der Waals surface area contributed by atoms with E-state index in [0.717, 1.165) is 26.4 Å². The molecule has 156 valence electrons. The SMILES string of the molecule is COC(=O)c1c(-c2cccc(OC(F)(F)F)c2)nn(-c2ccccc2)c1C(=O)OC. The van der Waals surface area contributed by atoms with Gasteiger partial charge >= 0.3 is 18.3 Å². The molecule has 0 fully saturated rings. The zero-order valence-corrected chi connectivity index (χ0v) is 15.8. The van der Waals surface area contributed by atoms with Crippen molar-refractivity contribution >= 4 is 11.9 Å². The summed E-state index contributed by atoms with van der Waals surface area (Å²) < 4.78 is 52.5. The average molecular weight is 420 g/mol. The largest absolute Gasteiger partial charge is 0.573 e. The number of carbonyl (C=O) groups excluding carboxylic acids is 2. The molecule has 0 aliphatic heterocycles. The molecule has 0 aliphatic rings. The number of aromatic nitrogens is 2. The topological polar surface area (TPSA) is 79.7 Å². The van der Waals surface area contributed by atoms with Gasteiger partial charge in [0.1, 0.15) is 17.0 Å². The number of ether oxygens (including phenoxy) is 3. The second kappa shape index (κ2) is 8.27. The second-order valence-corrected chi connectivity index (χ2v) is 5.88. The number of esters is 2. The van der Waals surface area contributed by atoms with E-state index in [2.05, 4.69) is 9.84 Å². The summed E-state index contributed by atoms with van der Waals surface area (Å²) in [5.41, 5.74) is -0.0160. The smallest absolute Gasteiger partial charge is 0.465 e. The number of hydrogen-bond acceptors (Lipinski definition) is 6. The lowest BCUT2D eigenvalue weighted by molar-refractivity contribution is -0.274. The predicted octanol–water partition coefficient (Wildman–Crippen LogP) is 4.01. The van der Waals surface area contributed by atoms with Gasteiger partial charge in [0, 0.05) is 5.56 Å². The Labute approximate surface area is 168 Å². The van der Waals surface area contributed by atoms with E-state index in [1.54, 1.807) is 30.3 Å².